The first-order valence-electron chi connectivity index (χ1n) is 5.87. The van der Waals surface area contributed by atoms with Crippen LogP contribution in [0.15, 0.2) is 11.1 Å². The lowest BCUT2D eigenvalue weighted by Gasteiger charge is -2.16. The lowest BCUT2D eigenvalue weighted by Crippen LogP contribution is -2.33. The number of H-pyrrole nitrogens is 1. The molecule has 0 unspecified atom stereocenters. The van der Waals surface area contributed by atoms with Gasteiger partial charge in [-0.25, -0.2) is 4.98 Å². The molecule has 1 aliphatic rings. The summed E-state index contributed by atoms with van der Waals surface area (Å²) in [5.41, 5.74) is 5.12. The van der Waals surface area contributed by atoms with Crippen LogP contribution >= 0.6 is 0 Å². The number of nitrogen functional groups attached to an aromatic ring is 1. The Hall–Kier alpha value is -2.13. The van der Waals surface area contributed by atoms with Crippen LogP contribution in [0.2, 0.25) is 0 Å². The Morgan fingerprint density at radius 2 is 1.96 bits per heavy atom. The van der Waals surface area contributed by atoms with Crippen molar-refractivity contribution < 1.29 is 36.5 Å². The van der Waals surface area contributed by atoms with Gasteiger partial charge in [-0.3, -0.25) is 14.3 Å². The number of imidazole rings is 1. The fourth-order valence-electron chi connectivity index (χ4n) is 2.24. The molecule has 3 heterocycles. The van der Waals surface area contributed by atoms with Crippen molar-refractivity contribution in [2.75, 3.05) is 12.3 Å². The van der Waals surface area contributed by atoms with Gasteiger partial charge in [-0.1, -0.05) is 0 Å². The van der Waals surface area contributed by atoms with Crippen molar-refractivity contribution in [1.29, 1.82) is 0 Å². The number of fused-ring (bicyclic) bond motifs is 1. The molecule has 132 valence electrons. The summed E-state index contributed by atoms with van der Waals surface area (Å²) < 4.78 is 6.64. The van der Waals surface area contributed by atoms with Crippen molar-refractivity contribution in [3.63, 3.8) is 0 Å². The second-order valence-corrected chi connectivity index (χ2v) is 4.50. The smallest absolute Gasteiger partial charge is 0.280 e. The van der Waals surface area contributed by atoms with Crippen LogP contribution in [0.5, 0.6) is 0 Å². The SMILES string of the molecule is Nc1nc2c(ncn2[C@@H]2O[C@H](CO)[C@@H](O)[C@H]2O)c(=O)[nH]1.O.O.O. The summed E-state index contributed by atoms with van der Waals surface area (Å²) in [4.78, 5) is 21.8. The number of rotatable bonds is 2. The molecular formula is C10H19N5O8. The molecule has 1 fully saturated rings. The topological polar surface area (TPSA) is 254 Å². The van der Waals surface area contributed by atoms with Crippen molar-refractivity contribution in [3.05, 3.63) is 16.7 Å². The van der Waals surface area contributed by atoms with Gasteiger partial charge in [-0.15, -0.1) is 0 Å². The number of nitrogens with one attached hydrogen (secondary N) is 1. The predicted molar refractivity (Wildman–Crippen MR) is 76.4 cm³/mol. The Balaban J connectivity index is 0.00000161. The molecule has 0 saturated carbocycles. The number of aromatic amines is 1. The zero-order valence-corrected chi connectivity index (χ0v) is 11.7. The highest BCUT2D eigenvalue weighted by Gasteiger charge is 2.44. The number of nitrogens with two attached hydrogens (primary N) is 1. The summed E-state index contributed by atoms with van der Waals surface area (Å²) >= 11 is 0. The first-order chi connectivity index (χ1) is 9.52. The minimum Gasteiger partial charge on any atom is -0.412 e. The van der Waals surface area contributed by atoms with Gasteiger partial charge in [0.15, 0.2) is 17.4 Å². The maximum atomic E-state index is 11.7. The van der Waals surface area contributed by atoms with E-state index in [2.05, 4.69) is 15.0 Å². The summed E-state index contributed by atoms with van der Waals surface area (Å²) in [7, 11) is 0. The summed E-state index contributed by atoms with van der Waals surface area (Å²) in [6.07, 6.45) is -3.21. The molecule has 0 aromatic carbocycles. The van der Waals surface area contributed by atoms with Crippen LogP contribution in [0, 0.1) is 0 Å². The number of anilines is 1. The molecule has 0 spiro atoms. The number of hydrogen-bond acceptors (Lipinski definition) is 8. The van der Waals surface area contributed by atoms with Crippen molar-refractivity contribution in [1.82, 2.24) is 19.5 Å². The largest absolute Gasteiger partial charge is 0.412 e. The van der Waals surface area contributed by atoms with E-state index in [1.165, 1.54) is 10.9 Å². The molecule has 23 heavy (non-hydrogen) atoms. The van der Waals surface area contributed by atoms with Crippen LogP contribution < -0.4 is 11.3 Å². The van der Waals surface area contributed by atoms with E-state index in [4.69, 9.17) is 15.6 Å². The van der Waals surface area contributed by atoms with Crippen LogP contribution in [0.1, 0.15) is 6.23 Å². The van der Waals surface area contributed by atoms with Gasteiger partial charge in [0, 0.05) is 0 Å². The third kappa shape index (κ3) is 3.15. The van der Waals surface area contributed by atoms with E-state index in [1.807, 2.05) is 0 Å². The highest BCUT2D eigenvalue weighted by Crippen LogP contribution is 2.30. The third-order valence-electron chi connectivity index (χ3n) is 3.24. The van der Waals surface area contributed by atoms with Gasteiger partial charge in [-0.05, 0) is 0 Å². The Bertz CT molecular complexity index is 702. The number of aliphatic hydroxyl groups excluding tert-OH is 3. The Kier molecular flexibility index (Phi) is 6.74. The zero-order chi connectivity index (χ0) is 14.4. The Morgan fingerprint density at radius 3 is 2.52 bits per heavy atom. The quantitative estimate of drug-likeness (QED) is 0.353. The molecular weight excluding hydrogens is 318 g/mol. The summed E-state index contributed by atoms with van der Waals surface area (Å²) in [6, 6.07) is 0. The number of aliphatic hydroxyl groups is 3. The van der Waals surface area contributed by atoms with Gasteiger partial charge in [0.25, 0.3) is 5.56 Å². The van der Waals surface area contributed by atoms with Crippen LogP contribution in [0.25, 0.3) is 11.2 Å². The third-order valence-corrected chi connectivity index (χ3v) is 3.24. The Labute approximate surface area is 127 Å². The van der Waals surface area contributed by atoms with Crippen LogP contribution in [0.3, 0.4) is 0 Å². The molecule has 13 heteroatoms. The fourth-order valence-corrected chi connectivity index (χ4v) is 2.24. The van der Waals surface area contributed by atoms with Crippen LogP contribution in [-0.4, -0.2) is 76.2 Å². The lowest BCUT2D eigenvalue weighted by molar-refractivity contribution is -0.0511. The minimum absolute atomic E-state index is 0. The number of ether oxygens (including phenoxy) is 1. The maximum absolute atomic E-state index is 11.7. The van der Waals surface area contributed by atoms with Crippen LogP contribution in [-0.2, 0) is 4.74 Å². The van der Waals surface area contributed by atoms with Gasteiger partial charge >= 0.3 is 0 Å². The highest BCUT2D eigenvalue weighted by molar-refractivity contribution is 5.70. The molecule has 0 bridgehead atoms. The van der Waals surface area contributed by atoms with Crippen molar-refractivity contribution in [2.24, 2.45) is 0 Å². The standard InChI is InChI=1S/C10H13N5O5.3H2O/c11-10-13-7-4(8(19)14-10)12-2-15(7)9-6(18)5(17)3(1-16)20-9;;;/h2-3,5-6,9,16-18H,1H2,(H3,11,13,14,19);3*1H2/t3-,5-,6-,9-;;;/m1.../s1. The van der Waals surface area contributed by atoms with Crippen molar-refractivity contribution in [3.8, 4) is 0 Å². The van der Waals surface area contributed by atoms with Gasteiger partial charge < -0.3 is 42.2 Å². The van der Waals surface area contributed by atoms with E-state index in [0.29, 0.717) is 0 Å². The lowest BCUT2D eigenvalue weighted by atomic mass is 10.1. The summed E-state index contributed by atoms with van der Waals surface area (Å²) in [6.45, 7) is -0.447. The van der Waals surface area contributed by atoms with E-state index >= 15 is 0 Å². The summed E-state index contributed by atoms with van der Waals surface area (Å²) in [5.74, 6) is -0.101. The van der Waals surface area contributed by atoms with Gasteiger partial charge in [-0.2, -0.15) is 4.98 Å². The van der Waals surface area contributed by atoms with E-state index < -0.39 is 36.7 Å². The first-order valence-corrected chi connectivity index (χ1v) is 5.87. The monoisotopic (exact) mass is 337 g/mol. The minimum atomic E-state index is -1.29. The van der Waals surface area contributed by atoms with Crippen molar-refractivity contribution in [2.45, 2.75) is 24.5 Å². The molecule has 2 aromatic heterocycles. The van der Waals surface area contributed by atoms with E-state index in [1.54, 1.807) is 0 Å². The molecule has 0 amide bonds. The molecule has 1 aliphatic heterocycles. The molecule has 0 aliphatic carbocycles. The first kappa shape index (κ1) is 20.9. The molecule has 12 N–H and O–H groups in total. The Morgan fingerprint density at radius 1 is 1.30 bits per heavy atom. The average Bonchev–Trinajstić information content (AvgIpc) is 2.93. The second kappa shape index (κ2) is 7.42. The number of aromatic nitrogens is 4. The van der Waals surface area contributed by atoms with E-state index in [9.17, 15) is 15.0 Å². The number of hydrogen-bond donors (Lipinski definition) is 5. The molecule has 1 saturated heterocycles. The molecule has 13 nitrogen and oxygen atoms in total. The fraction of sp³-hybridized carbons (Fsp3) is 0.500. The summed E-state index contributed by atoms with van der Waals surface area (Å²) in [5, 5.41) is 28.7. The van der Waals surface area contributed by atoms with Gasteiger partial charge in [0.05, 0.1) is 12.9 Å². The average molecular weight is 337 g/mol. The number of nitrogens with zero attached hydrogens (tertiary/aromatic N) is 3. The molecule has 4 atom stereocenters. The van der Waals surface area contributed by atoms with Crippen molar-refractivity contribution >= 4 is 17.1 Å². The second-order valence-electron chi connectivity index (χ2n) is 4.50. The van der Waals surface area contributed by atoms with Crippen LogP contribution in [0.4, 0.5) is 5.95 Å². The predicted octanol–water partition coefficient (Wildman–Crippen LogP) is -5.16. The zero-order valence-electron chi connectivity index (χ0n) is 11.7. The molecule has 3 rings (SSSR count). The van der Waals surface area contributed by atoms with Gasteiger partial charge in [0.2, 0.25) is 5.95 Å². The maximum Gasteiger partial charge on any atom is 0.280 e. The highest BCUT2D eigenvalue weighted by atomic mass is 16.6. The normalized spacial score (nSPS) is 26.2. The van der Waals surface area contributed by atoms with E-state index in [-0.39, 0.29) is 33.5 Å². The molecule has 0 radical (unpaired) electrons. The van der Waals surface area contributed by atoms with E-state index in [0.717, 1.165) is 0 Å². The molecule has 2 aromatic rings. The van der Waals surface area contributed by atoms with Gasteiger partial charge in [0.1, 0.15) is 18.3 Å².